The summed E-state index contributed by atoms with van der Waals surface area (Å²) in [7, 11) is 0. The van der Waals surface area contributed by atoms with Gasteiger partial charge in [0.05, 0.1) is 11.8 Å². The Morgan fingerprint density at radius 1 is 1.17 bits per heavy atom. The third-order valence-corrected chi connectivity index (χ3v) is 4.95. The van der Waals surface area contributed by atoms with Gasteiger partial charge in [0, 0.05) is 10.8 Å². The zero-order chi connectivity index (χ0) is 16.8. The van der Waals surface area contributed by atoms with Crippen LogP contribution in [0.15, 0.2) is 42.5 Å². The van der Waals surface area contributed by atoms with Crippen molar-refractivity contribution < 1.29 is 4.79 Å². The standard InChI is InChI=1S/C19H22ClNOS/c1-13-4-5-14(2)18(10-13)15(3)21-19(22)12-23-11-16-6-8-17(20)9-7-16/h4-10,15H,11-12H2,1-3H3,(H,21,22)/t15-/m1/s1. The third kappa shape index (κ3) is 5.60. The number of nitrogens with one attached hydrogen (secondary N) is 1. The van der Waals surface area contributed by atoms with Crippen LogP contribution in [0.25, 0.3) is 0 Å². The second-order valence-corrected chi connectivity index (χ2v) is 7.19. The van der Waals surface area contributed by atoms with Crippen LogP contribution in [0.3, 0.4) is 0 Å². The molecule has 2 aromatic rings. The van der Waals surface area contributed by atoms with E-state index >= 15 is 0 Å². The van der Waals surface area contributed by atoms with Crippen molar-refractivity contribution >= 4 is 29.3 Å². The lowest BCUT2D eigenvalue weighted by Crippen LogP contribution is -2.28. The highest BCUT2D eigenvalue weighted by Crippen LogP contribution is 2.20. The second kappa shape index (κ2) is 8.42. The summed E-state index contributed by atoms with van der Waals surface area (Å²) in [5.74, 6) is 1.33. The molecule has 0 radical (unpaired) electrons. The second-order valence-electron chi connectivity index (χ2n) is 5.77. The highest BCUT2D eigenvalue weighted by Gasteiger charge is 2.12. The number of hydrogen-bond donors (Lipinski definition) is 1. The maximum atomic E-state index is 12.1. The maximum Gasteiger partial charge on any atom is 0.230 e. The molecule has 0 heterocycles. The van der Waals surface area contributed by atoms with Crippen molar-refractivity contribution in [3.8, 4) is 0 Å². The Morgan fingerprint density at radius 2 is 1.87 bits per heavy atom. The first kappa shape index (κ1) is 17.9. The fraction of sp³-hybridized carbons (Fsp3) is 0.316. The van der Waals surface area contributed by atoms with Gasteiger partial charge in [0.25, 0.3) is 0 Å². The zero-order valence-corrected chi connectivity index (χ0v) is 15.3. The lowest BCUT2D eigenvalue weighted by atomic mass is 10.00. The van der Waals surface area contributed by atoms with Crippen LogP contribution in [0, 0.1) is 13.8 Å². The molecule has 2 nitrogen and oxygen atoms in total. The zero-order valence-electron chi connectivity index (χ0n) is 13.7. The van der Waals surface area contributed by atoms with Crippen LogP contribution < -0.4 is 5.32 Å². The van der Waals surface area contributed by atoms with E-state index in [4.69, 9.17) is 11.6 Å². The summed E-state index contributed by atoms with van der Waals surface area (Å²) in [6.45, 7) is 6.18. The van der Waals surface area contributed by atoms with Gasteiger partial charge in [-0.3, -0.25) is 4.79 Å². The van der Waals surface area contributed by atoms with Gasteiger partial charge < -0.3 is 5.32 Å². The lowest BCUT2D eigenvalue weighted by molar-refractivity contribution is -0.119. The Kier molecular flexibility index (Phi) is 6.55. The Labute approximate surface area is 147 Å². The van der Waals surface area contributed by atoms with Crippen molar-refractivity contribution in [2.75, 3.05) is 5.75 Å². The maximum absolute atomic E-state index is 12.1. The molecule has 0 unspecified atom stereocenters. The molecule has 1 amide bonds. The largest absolute Gasteiger partial charge is 0.349 e. The van der Waals surface area contributed by atoms with Crippen LogP contribution >= 0.6 is 23.4 Å². The summed E-state index contributed by atoms with van der Waals surface area (Å²) in [5, 5.41) is 3.81. The third-order valence-electron chi connectivity index (χ3n) is 3.69. The van der Waals surface area contributed by atoms with E-state index in [1.165, 1.54) is 22.3 Å². The highest BCUT2D eigenvalue weighted by atomic mass is 35.5. The molecule has 23 heavy (non-hydrogen) atoms. The molecule has 0 aliphatic rings. The summed E-state index contributed by atoms with van der Waals surface area (Å²) in [6, 6.07) is 14.1. The van der Waals surface area contributed by atoms with Gasteiger partial charge in [0.1, 0.15) is 0 Å². The van der Waals surface area contributed by atoms with E-state index < -0.39 is 0 Å². The summed E-state index contributed by atoms with van der Waals surface area (Å²) in [6.07, 6.45) is 0. The molecule has 1 atom stereocenters. The minimum atomic E-state index is 0.0264. The van der Waals surface area contributed by atoms with Crippen LogP contribution in [0.5, 0.6) is 0 Å². The molecule has 0 spiro atoms. The Morgan fingerprint density at radius 3 is 2.57 bits per heavy atom. The molecule has 0 bridgehead atoms. The first-order valence-electron chi connectivity index (χ1n) is 7.64. The van der Waals surface area contributed by atoms with Gasteiger partial charge in [-0.15, -0.1) is 11.8 Å². The number of benzene rings is 2. The number of carbonyl (C=O) groups is 1. The molecule has 0 aliphatic carbocycles. The average molecular weight is 348 g/mol. The van der Waals surface area contributed by atoms with Crippen LogP contribution in [-0.4, -0.2) is 11.7 Å². The highest BCUT2D eigenvalue weighted by molar-refractivity contribution is 7.99. The number of rotatable bonds is 6. The van der Waals surface area contributed by atoms with Crippen molar-refractivity contribution in [3.05, 3.63) is 69.7 Å². The summed E-state index contributed by atoms with van der Waals surface area (Å²) in [4.78, 5) is 12.1. The molecule has 2 rings (SSSR count). The number of carbonyl (C=O) groups excluding carboxylic acids is 1. The first-order valence-corrected chi connectivity index (χ1v) is 9.17. The molecule has 2 aromatic carbocycles. The van der Waals surface area contributed by atoms with E-state index in [9.17, 15) is 4.79 Å². The van der Waals surface area contributed by atoms with E-state index in [0.717, 1.165) is 10.8 Å². The molecule has 0 aliphatic heterocycles. The molecule has 122 valence electrons. The topological polar surface area (TPSA) is 29.1 Å². The monoisotopic (exact) mass is 347 g/mol. The smallest absolute Gasteiger partial charge is 0.230 e. The predicted octanol–water partition coefficient (Wildman–Crippen LogP) is 5.07. The summed E-state index contributed by atoms with van der Waals surface area (Å²) in [5.41, 5.74) is 4.77. The Balaban J connectivity index is 1.82. The van der Waals surface area contributed by atoms with Crippen LogP contribution in [0.1, 0.15) is 35.2 Å². The van der Waals surface area contributed by atoms with E-state index in [2.05, 4.69) is 37.4 Å². The van der Waals surface area contributed by atoms with Gasteiger partial charge in [0.2, 0.25) is 5.91 Å². The molecule has 4 heteroatoms. The van der Waals surface area contributed by atoms with Crippen LogP contribution in [0.4, 0.5) is 0 Å². The average Bonchev–Trinajstić information content (AvgIpc) is 2.51. The fourth-order valence-corrected chi connectivity index (χ4v) is 3.35. The van der Waals surface area contributed by atoms with Crippen molar-refractivity contribution in [2.24, 2.45) is 0 Å². The lowest BCUT2D eigenvalue weighted by Gasteiger charge is -2.17. The molecule has 1 N–H and O–H groups in total. The van der Waals surface area contributed by atoms with Crippen molar-refractivity contribution in [1.82, 2.24) is 5.32 Å². The van der Waals surface area contributed by atoms with Gasteiger partial charge in [-0.1, -0.05) is 47.5 Å². The molecular formula is C19H22ClNOS. The molecule has 0 aromatic heterocycles. The van der Waals surface area contributed by atoms with Gasteiger partial charge in [-0.25, -0.2) is 0 Å². The number of amides is 1. The van der Waals surface area contributed by atoms with Gasteiger partial charge >= 0.3 is 0 Å². The van der Waals surface area contributed by atoms with Gasteiger partial charge in [0.15, 0.2) is 0 Å². The predicted molar refractivity (Wildman–Crippen MR) is 100 cm³/mol. The minimum absolute atomic E-state index is 0.0264. The van der Waals surface area contributed by atoms with Crippen LogP contribution in [-0.2, 0) is 10.5 Å². The Hall–Kier alpha value is -1.45. The summed E-state index contributed by atoms with van der Waals surface area (Å²) >= 11 is 7.47. The van der Waals surface area contributed by atoms with E-state index in [0.29, 0.717) is 5.75 Å². The molecular weight excluding hydrogens is 326 g/mol. The van der Waals surface area contributed by atoms with Crippen molar-refractivity contribution in [2.45, 2.75) is 32.6 Å². The van der Waals surface area contributed by atoms with E-state index in [1.54, 1.807) is 11.8 Å². The van der Waals surface area contributed by atoms with Crippen molar-refractivity contribution in [1.29, 1.82) is 0 Å². The number of aryl methyl sites for hydroxylation is 2. The SMILES string of the molecule is Cc1ccc(C)c([C@@H](C)NC(=O)CSCc2ccc(Cl)cc2)c1. The normalized spacial score (nSPS) is 12.0. The number of thioether (sulfide) groups is 1. The number of hydrogen-bond acceptors (Lipinski definition) is 2. The van der Waals surface area contributed by atoms with Crippen molar-refractivity contribution in [3.63, 3.8) is 0 Å². The van der Waals surface area contributed by atoms with Gasteiger partial charge in [-0.05, 0) is 49.6 Å². The number of halogens is 1. The first-order chi connectivity index (χ1) is 11.0. The fourth-order valence-electron chi connectivity index (χ4n) is 2.43. The van der Waals surface area contributed by atoms with Gasteiger partial charge in [-0.2, -0.15) is 0 Å². The molecule has 0 saturated heterocycles. The van der Waals surface area contributed by atoms with E-state index in [-0.39, 0.29) is 11.9 Å². The Bertz CT molecular complexity index is 670. The van der Waals surface area contributed by atoms with E-state index in [1.807, 2.05) is 31.2 Å². The van der Waals surface area contributed by atoms with Crippen LogP contribution in [0.2, 0.25) is 5.02 Å². The molecule has 0 fully saturated rings. The summed E-state index contributed by atoms with van der Waals surface area (Å²) < 4.78 is 0. The minimum Gasteiger partial charge on any atom is -0.349 e. The molecule has 0 saturated carbocycles. The quantitative estimate of drug-likeness (QED) is 0.790.